The second-order valence-corrected chi connectivity index (χ2v) is 7.47. The number of anilines is 1. The first kappa shape index (κ1) is 20.0. The van der Waals surface area contributed by atoms with Crippen molar-refractivity contribution < 1.29 is 22.3 Å². The van der Waals surface area contributed by atoms with E-state index >= 15 is 0 Å². The molecule has 7 nitrogen and oxygen atoms in total. The number of carbonyl (C=O) groups excluding carboxylic acids is 1. The lowest BCUT2D eigenvalue weighted by atomic mass is 10.1. The molecular formula is C20H14FN3O4S. The Balaban J connectivity index is 1.93. The van der Waals surface area contributed by atoms with E-state index < -0.39 is 21.7 Å². The van der Waals surface area contributed by atoms with Gasteiger partial charge in [0, 0.05) is 5.69 Å². The van der Waals surface area contributed by atoms with Gasteiger partial charge >= 0.3 is 0 Å². The van der Waals surface area contributed by atoms with Gasteiger partial charge in [0.1, 0.15) is 17.3 Å². The third-order valence-electron chi connectivity index (χ3n) is 3.82. The number of benzene rings is 3. The fourth-order valence-electron chi connectivity index (χ4n) is 2.44. The van der Waals surface area contributed by atoms with E-state index in [-0.39, 0.29) is 27.5 Å². The highest BCUT2D eigenvalue weighted by atomic mass is 32.2. The number of primary sulfonamides is 1. The van der Waals surface area contributed by atoms with Crippen LogP contribution in [-0.2, 0) is 10.0 Å². The van der Waals surface area contributed by atoms with Crippen molar-refractivity contribution in [1.82, 2.24) is 0 Å². The van der Waals surface area contributed by atoms with E-state index in [1.807, 2.05) is 6.07 Å². The smallest absolute Gasteiger partial charge is 0.259 e. The van der Waals surface area contributed by atoms with Crippen LogP contribution in [-0.4, -0.2) is 14.3 Å². The molecule has 0 atom stereocenters. The van der Waals surface area contributed by atoms with Gasteiger partial charge in [0.25, 0.3) is 5.91 Å². The van der Waals surface area contributed by atoms with Crippen LogP contribution < -0.4 is 15.2 Å². The van der Waals surface area contributed by atoms with E-state index in [2.05, 4.69) is 5.32 Å². The number of halogens is 1. The SMILES string of the molecule is N#Cc1ccc(Oc2ccc(F)cc2)c(C(=O)Nc2cccc(S(N)(=O)=O)c2)c1. The van der Waals surface area contributed by atoms with Gasteiger partial charge in [-0.3, -0.25) is 4.79 Å². The van der Waals surface area contributed by atoms with E-state index in [4.69, 9.17) is 15.1 Å². The molecule has 0 aliphatic heterocycles. The molecule has 0 radical (unpaired) electrons. The van der Waals surface area contributed by atoms with Gasteiger partial charge in [-0.05, 0) is 60.7 Å². The molecule has 0 spiro atoms. The molecule has 0 fully saturated rings. The highest BCUT2D eigenvalue weighted by Crippen LogP contribution is 2.27. The van der Waals surface area contributed by atoms with Crippen LogP contribution in [0.1, 0.15) is 15.9 Å². The zero-order chi connectivity index (χ0) is 21.0. The standard InChI is InChI=1S/C20H14FN3O4S/c21-14-5-7-16(8-6-14)28-19-9-4-13(12-22)10-18(19)20(25)24-15-2-1-3-17(11-15)29(23,26)27/h1-11H,(H,24,25)(H2,23,26,27). The zero-order valence-electron chi connectivity index (χ0n) is 14.8. The molecule has 3 aromatic rings. The summed E-state index contributed by atoms with van der Waals surface area (Å²) >= 11 is 0. The number of amides is 1. The Bertz CT molecular complexity index is 1220. The van der Waals surface area contributed by atoms with Crippen molar-refractivity contribution in [2.24, 2.45) is 5.14 Å². The van der Waals surface area contributed by atoms with Crippen LogP contribution >= 0.6 is 0 Å². The first-order valence-electron chi connectivity index (χ1n) is 8.18. The average Bonchev–Trinajstić information content (AvgIpc) is 2.69. The number of nitriles is 1. The van der Waals surface area contributed by atoms with Crippen molar-refractivity contribution in [2.75, 3.05) is 5.32 Å². The fourth-order valence-corrected chi connectivity index (χ4v) is 3.00. The van der Waals surface area contributed by atoms with E-state index in [0.717, 1.165) is 0 Å². The van der Waals surface area contributed by atoms with Gasteiger partial charge < -0.3 is 10.1 Å². The third kappa shape index (κ3) is 4.95. The molecule has 3 aromatic carbocycles. The van der Waals surface area contributed by atoms with Gasteiger partial charge in [0.05, 0.1) is 22.1 Å². The summed E-state index contributed by atoms with van der Waals surface area (Å²) in [4.78, 5) is 12.6. The molecule has 0 heterocycles. The number of ether oxygens (including phenoxy) is 1. The van der Waals surface area contributed by atoms with Gasteiger partial charge in [-0.2, -0.15) is 5.26 Å². The van der Waals surface area contributed by atoms with E-state index in [1.54, 1.807) is 0 Å². The minimum Gasteiger partial charge on any atom is -0.457 e. The maximum atomic E-state index is 13.1. The number of nitrogens with two attached hydrogens (primary N) is 1. The molecule has 9 heteroatoms. The van der Waals surface area contributed by atoms with Crippen molar-refractivity contribution in [2.45, 2.75) is 4.90 Å². The summed E-state index contributed by atoms with van der Waals surface area (Å²) < 4.78 is 41.7. The van der Waals surface area contributed by atoms with E-state index in [9.17, 15) is 17.6 Å². The Morgan fingerprint density at radius 2 is 1.79 bits per heavy atom. The van der Waals surface area contributed by atoms with Crippen molar-refractivity contribution >= 4 is 21.6 Å². The van der Waals surface area contributed by atoms with Crippen LogP contribution in [0.5, 0.6) is 11.5 Å². The predicted octanol–water partition coefficient (Wildman–Crippen LogP) is 3.39. The molecule has 0 unspecified atom stereocenters. The summed E-state index contributed by atoms with van der Waals surface area (Å²) in [7, 11) is -3.94. The summed E-state index contributed by atoms with van der Waals surface area (Å²) in [5.41, 5.74) is 0.450. The molecule has 29 heavy (non-hydrogen) atoms. The monoisotopic (exact) mass is 411 g/mol. The van der Waals surface area contributed by atoms with Crippen molar-refractivity contribution in [1.29, 1.82) is 5.26 Å². The molecule has 0 aliphatic carbocycles. The predicted molar refractivity (Wildman–Crippen MR) is 103 cm³/mol. The van der Waals surface area contributed by atoms with Gasteiger partial charge in [-0.15, -0.1) is 0 Å². The number of hydrogen-bond donors (Lipinski definition) is 2. The number of hydrogen-bond acceptors (Lipinski definition) is 5. The molecule has 0 aliphatic rings. The first-order valence-corrected chi connectivity index (χ1v) is 9.73. The van der Waals surface area contributed by atoms with E-state index in [1.165, 1.54) is 66.7 Å². The van der Waals surface area contributed by atoms with Gasteiger partial charge in [0.2, 0.25) is 10.0 Å². The fraction of sp³-hybridized carbons (Fsp3) is 0. The average molecular weight is 411 g/mol. The van der Waals surface area contributed by atoms with Crippen LogP contribution in [0.15, 0.2) is 71.6 Å². The molecular weight excluding hydrogens is 397 g/mol. The Labute approximate surface area is 166 Å². The number of rotatable bonds is 5. The van der Waals surface area contributed by atoms with Gasteiger partial charge in [-0.1, -0.05) is 6.07 Å². The molecule has 3 N–H and O–H groups in total. The van der Waals surface area contributed by atoms with Gasteiger partial charge in [0.15, 0.2) is 0 Å². The Morgan fingerprint density at radius 3 is 2.45 bits per heavy atom. The highest BCUT2D eigenvalue weighted by molar-refractivity contribution is 7.89. The number of nitrogens with one attached hydrogen (secondary N) is 1. The van der Waals surface area contributed by atoms with Crippen molar-refractivity contribution in [3.8, 4) is 17.6 Å². The second kappa shape index (κ2) is 8.10. The van der Waals surface area contributed by atoms with Crippen LogP contribution in [0, 0.1) is 17.1 Å². The van der Waals surface area contributed by atoms with Crippen LogP contribution in [0.4, 0.5) is 10.1 Å². The molecule has 3 rings (SSSR count). The Hall–Kier alpha value is -3.74. The van der Waals surface area contributed by atoms with Crippen LogP contribution in [0.2, 0.25) is 0 Å². The number of carbonyl (C=O) groups is 1. The Kier molecular flexibility index (Phi) is 5.59. The minimum absolute atomic E-state index is 0.0365. The molecule has 146 valence electrons. The van der Waals surface area contributed by atoms with Crippen molar-refractivity contribution in [3.63, 3.8) is 0 Å². The van der Waals surface area contributed by atoms with Crippen LogP contribution in [0.25, 0.3) is 0 Å². The summed E-state index contributed by atoms with van der Waals surface area (Å²) in [6.45, 7) is 0. The first-order chi connectivity index (χ1) is 13.8. The number of nitrogens with zero attached hydrogens (tertiary/aromatic N) is 1. The maximum Gasteiger partial charge on any atom is 0.259 e. The summed E-state index contributed by atoms with van der Waals surface area (Å²) in [5.74, 6) is -0.646. The highest BCUT2D eigenvalue weighted by Gasteiger charge is 2.16. The Morgan fingerprint density at radius 1 is 1.07 bits per heavy atom. The lowest BCUT2D eigenvalue weighted by Gasteiger charge is -2.12. The second-order valence-electron chi connectivity index (χ2n) is 5.91. The van der Waals surface area contributed by atoms with Gasteiger partial charge in [-0.25, -0.2) is 17.9 Å². The van der Waals surface area contributed by atoms with E-state index in [0.29, 0.717) is 5.75 Å². The normalized spacial score (nSPS) is 10.8. The topological polar surface area (TPSA) is 122 Å². The third-order valence-corrected chi connectivity index (χ3v) is 4.73. The minimum atomic E-state index is -3.94. The number of sulfonamides is 1. The largest absolute Gasteiger partial charge is 0.457 e. The molecule has 0 saturated carbocycles. The van der Waals surface area contributed by atoms with Crippen LogP contribution in [0.3, 0.4) is 0 Å². The summed E-state index contributed by atoms with van der Waals surface area (Å²) in [6, 6.07) is 16.8. The lowest BCUT2D eigenvalue weighted by Crippen LogP contribution is -2.15. The molecule has 1 amide bonds. The molecule has 0 saturated heterocycles. The zero-order valence-corrected chi connectivity index (χ0v) is 15.6. The van der Waals surface area contributed by atoms with Crippen molar-refractivity contribution in [3.05, 3.63) is 83.7 Å². The quantitative estimate of drug-likeness (QED) is 0.666. The summed E-state index contributed by atoms with van der Waals surface area (Å²) in [6.07, 6.45) is 0. The maximum absolute atomic E-state index is 13.1. The summed E-state index contributed by atoms with van der Waals surface area (Å²) in [5, 5.41) is 16.8. The molecule has 0 aromatic heterocycles. The lowest BCUT2D eigenvalue weighted by molar-refractivity contribution is 0.102. The molecule has 0 bridgehead atoms.